The number of rotatable bonds is 6. The van der Waals surface area contributed by atoms with Crippen molar-refractivity contribution in [2.24, 2.45) is 7.05 Å². The Morgan fingerprint density at radius 3 is 2.70 bits per heavy atom. The zero-order valence-electron chi connectivity index (χ0n) is 13.7. The number of benzene rings is 1. The SMILES string of the molecule is COc1cc(C=CC(=O)Nc2ccn(C)n2)ccc1OC(C)C. The molecule has 6 nitrogen and oxygen atoms in total. The van der Waals surface area contributed by atoms with Crippen LogP contribution in [0, 0.1) is 0 Å². The Balaban J connectivity index is 2.05. The first-order valence-electron chi connectivity index (χ1n) is 7.31. The highest BCUT2D eigenvalue weighted by molar-refractivity contribution is 6.01. The molecule has 1 N–H and O–H groups in total. The van der Waals surface area contributed by atoms with Crippen LogP contribution in [0.4, 0.5) is 5.82 Å². The number of carbonyl (C=O) groups is 1. The van der Waals surface area contributed by atoms with Crippen LogP contribution in [0.2, 0.25) is 0 Å². The highest BCUT2D eigenvalue weighted by Gasteiger charge is 2.07. The van der Waals surface area contributed by atoms with Crippen LogP contribution in [0.1, 0.15) is 19.4 Å². The van der Waals surface area contributed by atoms with Gasteiger partial charge in [-0.1, -0.05) is 6.07 Å². The minimum absolute atomic E-state index is 0.0643. The van der Waals surface area contributed by atoms with Gasteiger partial charge < -0.3 is 14.8 Å². The molecule has 0 radical (unpaired) electrons. The van der Waals surface area contributed by atoms with Crippen molar-refractivity contribution in [3.05, 3.63) is 42.1 Å². The lowest BCUT2D eigenvalue weighted by Crippen LogP contribution is -2.08. The van der Waals surface area contributed by atoms with Crippen LogP contribution in [-0.2, 0) is 11.8 Å². The highest BCUT2D eigenvalue weighted by atomic mass is 16.5. The average molecular weight is 315 g/mol. The summed E-state index contributed by atoms with van der Waals surface area (Å²) in [6.07, 6.45) is 4.98. The quantitative estimate of drug-likeness (QED) is 0.833. The van der Waals surface area contributed by atoms with Crippen LogP contribution in [0.5, 0.6) is 11.5 Å². The number of nitrogens with zero attached hydrogens (tertiary/aromatic N) is 2. The van der Waals surface area contributed by atoms with Crippen LogP contribution in [0.25, 0.3) is 6.08 Å². The van der Waals surface area contributed by atoms with Gasteiger partial charge in [-0.15, -0.1) is 0 Å². The van der Waals surface area contributed by atoms with Crippen molar-refractivity contribution in [1.29, 1.82) is 0 Å². The summed E-state index contributed by atoms with van der Waals surface area (Å²) in [5.74, 6) is 1.58. The maximum Gasteiger partial charge on any atom is 0.249 e. The zero-order valence-corrected chi connectivity index (χ0v) is 13.7. The van der Waals surface area contributed by atoms with Gasteiger partial charge in [0.05, 0.1) is 13.2 Å². The summed E-state index contributed by atoms with van der Waals surface area (Å²) in [6.45, 7) is 3.91. The molecular formula is C17H21N3O3. The van der Waals surface area contributed by atoms with Crippen molar-refractivity contribution < 1.29 is 14.3 Å². The minimum atomic E-state index is -0.245. The predicted molar refractivity (Wildman–Crippen MR) is 89.6 cm³/mol. The maximum atomic E-state index is 11.9. The first-order valence-corrected chi connectivity index (χ1v) is 7.31. The summed E-state index contributed by atoms with van der Waals surface area (Å²) < 4.78 is 12.6. The predicted octanol–water partition coefficient (Wildman–Crippen LogP) is 2.87. The molecule has 0 fully saturated rings. The van der Waals surface area contributed by atoms with Crippen LogP contribution in [0.3, 0.4) is 0 Å². The van der Waals surface area contributed by atoms with Crippen LogP contribution >= 0.6 is 0 Å². The molecule has 2 rings (SSSR count). The second-order valence-corrected chi connectivity index (χ2v) is 5.27. The smallest absolute Gasteiger partial charge is 0.249 e. The Kier molecular flexibility index (Phi) is 5.41. The monoisotopic (exact) mass is 315 g/mol. The molecule has 0 spiro atoms. The molecule has 1 heterocycles. The second-order valence-electron chi connectivity index (χ2n) is 5.27. The minimum Gasteiger partial charge on any atom is -0.493 e. The van der Waals surface area contributed by atoms with Gasteiger partial charge in [0.2, 0.25) is 5.91 Å². The van der Waals surface area contributed by atoms with Crippen molar-refractivity contribution >= 4 is 17.8 Å². The van der Waals surface area contributed by atoms with Crippen molar-refractivity contribution in [3.63, 3.8) is 0 Å². The first-order chi connectivity index (χ1) is 11.0. The summed E-state index contributed by atoms with van der Waals surface area (Å²) >= 11 is 0. The molecular weight excluding hydrogens is 294 g/mol. The zero-order chi connectivity index (χ0) is 16.8. The Morgan fingerprint density at radius 2 is 2.09 bits per heavy atom. The molecule has 0 unspecified atom stereocenters. The standard InChI is InChI=1S/C17H21N3O3/c1-12(2)23-14-7-5-13(11-15(14)22-4)6-8-17(21)18-16-9-10-20(3)19-16/h5-12H,1-4H3,(H,18,19,21). The number of aryl methyl sites for hydroxylation is 1. The fraction of sp³-hybridized carbons (Fsp3) is 0.294. The van der Waals surface area contributed by atoms with E-state index in [1.807, 2.05) is 32.0 Å². The van der Waals surface area contributed by atoms with E-state index >= 15 is 0 Å². The van der Waals surface area contributed by atoms with Gasteiger partial charge in [-0.05, 0) is 37.6 Å². The summed E-state index contributed by atoms with van der Waals surface area (Å²) in [7, 11) is 3.38. The van der Waals surface area contributed by atoms with Crippen molar-refractivity contribution in [1.82, 2.24) is 9.78 Å². The topological polar surface area (TPSA) is 65.4 Å². The molecule has 1 aromatic carbocycles. The third kappa shape index (κ3) is 4.88. The molecule has 6 heteroatoms. The number of hydrogen-bond acceptors (Lipinski definition) is 4. The maximum absolute atomic E-state index is 11.9. The Bertz CT molecular complexity index is 705. The molecule has 0 saturated carbocycles. The van der Waals surface area contributed by atoms with Gasteiger partial charge in [0.25, 0.3) is 0 Å². The van der Waals surface area contributed by atoms with E-state index in [-0.39, 0.29) is 12.0 Å². The summed E-state index contributed by atoms with van der Waals surface area (Å²) in [5.41, 5.74) is 0.842. The first kappa shape index (κ1) is 16.6. The fourth-order valence-corrected chi connectivity index (χ4v) is 1.96. The molecule has 0 aliphatic rings. The van der Waals surface area contributed by atoms with Gasteiger partial charge in [-0.3, -0.25) is 9.48 Å². The van der Waals surface area contributed by atoms with Crippen molar-refractivity contribution in [2.75, 3.05) is 12.4 Å². The number of ether oxygens (including phenoxy) is 2. The lowest BCUT2D eigenvalue weighted by molar-refractivity contribution is -0.111. The lowest BCUT2D eigenvalue weighted by atomic mass is 10.2. The molecule has 1 amide bonds. The summed E-state index contributed by atoms with van der Waals surface area (Å²) in [4.78, 5) is 11.9. The lowest BCUT2D eigenvalue weighted by Gasteiger charge is -2.13. The molecule has 23 heavy (non-hydrogen) atoms. The number of carbonyl (C=O) groups excluding carboxylic acids is 1. The van der Waals surface area contributed by atoms with E-state index in [9.17, 15) is 4.79 Å². The molecule has 122 valence electrons. The number of hydrogen-bond donors (Lipinski definition) is 1. The number of methoxy groups -OCH3 is 1. The van der Waals surface area contributed by atoms with Gasteiger partial charge in [0.15, 0.2) is 17.3 Å². The molecule has 0 aliphatic carbocycles. The van der Waals surface area contributed by atoms with Crippen LogP contribution in [-0.4, -0.2) is 28.9 Å². The fourth-order valence-electron chi connectivity index (χ4n) is 1.96. The van der Waals surface area contributed by atoms with E-state index < -0.39 is 0 Å². The number of nitrogens with one attached hydrogen (secondary N) is 1. The van der Waals surface area contributed by atoms with E-state index in [0.29, 0.717) is 17.3 Å². The van der Waals surface area contributed by atoms with Gasteiger partial charge in [-0.2, -0.15) is 5.10 Å². The normalized spacial score (nSPS) is 11.0. The summed E-state index contributed by atoms with van der Waals surface area (Å²) in [6, 6.07) is 7.25. The number of amides is 1. The van der Waals surface area contributed by atoms with Crippen molar-refractivity contribution in [2.45, 2.75) is 20.0 Å². The third-order valence-electron chi connectivity index (χ3n) is 2.94. The number of anilines is 1. The van der Waals surface area contributed by atoms with E-state index in [2.05, 4.69) is 10.4 Å². The third-order valence-corrected chi connectivity index (χ3v) is 2.94. The molecule has 2 aromatic rings. The Morgan fingerprint density at radius 1 is 1.30 bits per heavy atom. The molecule has 1 aromatic heterocycles. The van der Waals surface area contributed by atoms with E-state index in [1.165, 1.54) is 6.08 Å². The highest BCUT2D eigenvalue weighted by Crippen LogP contribution is 2.29. The largest absolute Gasteiger partial charge is 0.493 e. The van der Waals surface area contributed by atoms with E-state index in [4.69, 9.17) is 9.47 Å². The van der Waals surface area contributed by atoms with Crippen LogP contribution in [0.15, 0.2) is 36.5 Å². The Labute approximate surface area is 135 Å². The average Bonchev–Trinajstić information content (AvgIpc) is 2.90. The van der Waals surface area contributed by atoms with Gasteiger partial charge in [0, 0.05) is 25.4 Å². The molecule has 0 saturated heterocycles. The van der Waals surface area contributed by atoms with Gasteiger partial charge in [-0.25, -0.2) is 0 Å². The van der Waals surface area contributed by atoms with Gasteiger partial charge in [0.1, 0.15) is 0 Å². The molecule has 0 aliphatic heterocycles. The van der Waals surface area contributed by atoms with Crippen molar-refractivity contribution in [3.8, 4) is 11.5 Å². The Hall–Kier alpha value is -2.76. The molecule has 0 bridgehead atoms. The molecule has 0 atom stereocenters. The van der Waals surface area contributed by atoms with E-state index in [1.54, 1.807) is 37.2 Å². The van der Waals surface area contributed by atoms with Crippen LogP contribution < -0.4 is 14.8 Å². The van der Waals surface area contributed by atoms with Gasteiger partial charge >= 0.3 is 0 Å². The number of aromatic nitrogens is 2. The van der Waals surface area contributed by atoms with E-state index in [0.717, 1.165) is 5.56 Å². The second kappa shape index (κ2) is 7.49. The summed E-state index contributed by atoms with van der Waals surface area (Å²) in [5, 5.41) is 6.77.